The fourth-order valence-corrected chi connectivity index (χ4v) is 2.36. The summed E-state index contributed by atoms with van der Waals surface area (Å²) >= 11 is 1.95. The minimum absolute atomic E-state index is 0.459. The van der Waals surface area contributed by atoms with Crippen LogP contribution in [-0.4, -0.2) is 27.5 Å². The van der Waals surface area contributed by atoms with Gasteiger partial charge < -0.3 is 5.32 Å². The summed E-state index contributed by atoms with van der Waals surface area (Å²) in [5.74, 6) is 0.771. The zero-order valence-electron chi connectivity index (χ0n) is 9.50. The Balaban J connectivity index is 1.99. The summed E-state index contributed by atoms with van der Waals surface area (Å²) in [5.41, 5.74) is 2.05. The number of nitrogens with one attached hydrogen (secondary N) is 1. The molecule has 4 heteroatoms. The molecule has 2 rings (SSSR count). The Labute approximate surface area is 95.1 Å². The van der Waals surface area contributed by atoms with Gasteiger partial charge in [0, 0.05) is 22.7 Å². The first-order valence-electron chi connectivity index (χ1n) is 5.25. The molecule has 0 saturated heterocycles. The Bertz CT molecular complexity index is 341. The minimum Gasteiger partial charge on any atom is -0.353 e. The van der Waals surface area contributed by atoms with E-state index in [0.29, 0.717) is 4.75 Å². The maximum atomic E-state index is 4.37. The Hall–Kier alpha value is -0.770. The number of anilines is 1. The average Bonchev–Trinajstić information content (AvgIpc) is 2.94. The largest absolute Gasteiger partial charge is 0.353 e. The average molecular weight is 223 g/mol. The van der Waals surface area contributed by atoms with Crippen molar-refractivity contribution >= 4 is 17.7 Å². The number of rotatable bonds is 4. The highest BCUT2D eigenvalue weighted by atomic mass is 32.2. The first kappa shape index (κ1) is 10.7. The van der Waals surface area contributed by atoms with Gasteiger partial charge in [-0.05, 0) is 39.0 Å². The molecule has 1 saturated carbocycles. The minimum atomic E-state index is 0.459. The second-order valence-corrected chi connectivity index (χ2v) is 5.49. The molecule has 0 aliphatic heterocycles. The van der Waals surface area contributed by atoms with Gasteiger partial charge >= 0.3 is 0 Å². The predicted molar refractivity (Wildman–Crippen MR) is 65.5 cm³/mol. The van der Waals surface area contributed by atoms with Crippen molar-refractivity contribution in [1.82, 2.24) is 9.97 Å². The third-order valence-corrected chi connectivity index (χ3v) is 4.21. The van der Waals surface area contributed by atoms with E-state index in [-0.39, 0.29) is 0 Å². The topological polar surface area (TPSA) is 37.8 Å². The molecule has 1 aliphatic rings. The zero-order valence-corrected chi connectivity index (χ0v) is 10.3. The molecule has 3 nitrogen and oxygen atoms in total. The van der Waals surface area contributed by atoms with Crippen LogP contribution in [-0.2, 0) is 0 Å². The molecule has 15 heavy (non-hydrogen) atoms. The van der Waals surface area contributed by atoms with Crippen molar-refractivity contribution in [1.29, 1.82) is 0 Å². The van der Waals surface area contributed by atoms with E-state index >= 15 is 0 Å². The number of hydrogen-bond donors (Lipinski definition) is 1. The lowest BCUT2D eigenvalue weighted by Gasteiger charge is -2.13. The molecule has 0 radical (unpaired) electrons. The zero-order chi connectivity index (χ0) is 10.9. The SMILES string of the molecule is CSC1(CNc2nc(C)cc(C)n2)CC1. The molecule has 1 N–H and O–H groups in total. The fraction of sp³-hybridized carbons (Fsp3) is 0.636. The van der Waals surface area contributed by atoms with Crippen molar-refractivity contribution in [3.8, 4) is 0 Å². The molecule has 82 valence electrons. The van der Waals surface area contributed by atoms with Gasteiger partial charge in [-0.1, -0.05) is 0 Å². The standard InChI is InChI=1S/C11H17N3S/c1-8-6-9(2)14-10(13-8)12-7-11(15-3)4-5-11/h6H,4-5,7H2,1-3H3,(H,12,13,14). The second-order valence-electron chi connectivity index (χ2n) is 4.22. The summed E-state index contributed by atoms with van der Waals surface area (Å²) in [6.45, 7) is 4.99. The molecule has 1 fully saturated rings. The van der Waals surface area contributed by atoms with E-state index in [0.717, 1.165) is 23.9 Å². The van der Waals surface area contributed by atoms with E-state index < -0.39 is 0 Å². The van der Waals surface area contributed by atoms with Gasteiger partial charge in [-0.3, -0.25) is 0 Å². The van der Waals surface area contributed by atoms with Crippen LogP contribution in [0.2, 0.25) is 0 Å². The molecular weight excluding hydrogens is 206 g/mol. The molecular formula is C11H17N3S. The van der Waals surface area contributed by atoms with Crippen molar-refractivity contribution in [2.24, 2.45) is 0 Å². The third kappa shape index (κ3) is 2.62. The van der Waals surface area contributed by atoms with Crippen LogP contribution in [0.25, 0.3) is 0 Å². The first-order chi connectivity index (χ1) is 7.13. The van der Waals surface area contributed by atoms with Crippen LogP contribution in [0.4, 0.5) is 5.95 Å². The van der Waals surface area contributed by atoms with Gasteiger partial charge in [0.1, 0.15) is 0 Å². The van der Waals surface area contributed by atoms with Crippen LogP contribution in [0.5, 0.6) is 0 Å². The number of hydrogen-bond acceptors (Lipinski definition) is 4. The van der Waals surface area contributed by atoms with Gasteiger partial charge in [0.2, 0.25) is 5.95 Å². The maximum Gasteiger partial charge on any atom is 0.223 e. The molecule has 0 atom stereocenters. The summed E-state index contributed by atoms with van der Waals surface area (Å²) < 4.78 is 0.459. The Kier molecular flexibility index (Phi) is 2.87. The van der Waals surface area contributed by atoms with Crippen LogP contribution >= 0.6 is 11.8 Å². The Morgan fingerprint density at radius 3 is 2.40 bits per heavy atom. The predicted octanol–water partition coefficient (Wildman–Crippen LogP) is 2.40. The summed E-state index contributed by atoms with van der Waals surface area (Å²) in [7, 11) is 0. The van der Waals surface area contributed by atoms with Crippen LogP contribution in [0.15, 0.2) is 6.07 Å². The molecule has 0 amide bonds. The normalized spacial score (nSPS) is 17.5. The highest BCUT2D eigenvalue weighted by molar-refractivity contribution is 8.00. The molecule has 1 aromatic rings. The van der Waals surface area contributed by atoms with Gasteiger partial charge in [-0.2, -0.15) is 11.8 Å². The van der Waals surface area contributed by atoms with Crippen LogP contribution in [0.3, 0.4) is 0 Å². The lowest BCUT2D eigenvalue weighted by Crippen LogP contribution is -2.19. The van der Waals surface area contributed by atoms with E-state index in [1.54, 1.807) is 0 Å². The van der Waals surface area contributed by atoms with Crippen molar-refractivity contribution in [3.05, 3.63) is 17.5 Å². The lowest BCUT2D eigenvalue weighted by molar-refractivity contribution is 0.916. The molecule has 1 aromatic heterocycles. The summed E-state index contributed by atoms with van der Waals surface area (Å²) in [6.07, 6.45) is 4.80. The highest BCUT2D eigenvalue weighted by Crippen LogP contribution is 2.46. The molecule has 1 heterocycles. The summed E-state index contributed by atoms with van der Waals surface area (Å²) in [5, 5.41) is 3.34. The van der Waals surface area contributed by atoms with Gasteiger partial charge in [0.25, 0.3) is 0 Å². The van der Waals surface area contributed by atoms with Crippen molar-refractivity contribution in [2.45, 2.75) is 31.4 Å². The van der Waals surface area contributed by atoms with E-state index in [2.05, 4.69) is 21.5 Å². The van der Waals surface area contributed by atoms with E-state index in [9.17, 15) is 0 Å². The van der Waals surface area contributed by atoms with Crippen molar-refractivity contribution in [2.75, 3.05) is 18.1 Å². The van der Waals surface area contributed by atoms with Gasteiger partial charge in [0.05, 0.1) is 0 Å². The Morgan fingerprint density at radius 1 is 1.33 bits per heavy atom. The summed E-state index contributed by atoms with van der Waals surface area (Å²) in [6, 6.07) is 1.99. The third-order valence-electron chi connectivity index (χ3n) is 2.79. The van der Waals surface area contributed by atoms with Gasteiger partial charge in [0.15, 0.2) is 0 Å². The summed E-state index contributed by atoms with van der Waals surface area (Å²) in [4.78, 5) is 8.74. The maximum absolute atomic E-state index is 4.37. The van der Waals surface area contributed by atoms with Crippen molar-refractivity contribution < 1.29 is 0 Å². The quantitative estimate of drug-likeness (QED) is 0.850. The number of aryl methyl sites for hydroxylation is 2. The highest BCUT2D eigenvalue weighted by Gasteiger charge is 2.41. The first-order valence-corrected chi connectivity index (χ1v) is 6.47. The van der Waals surface area contributed by atoms with Crippen LogP contribution in [0.1, 0.15) is 24.2 Å². The van der Waals surface area contributed by atoms with Crippen LogP contribution in [0, 0.1) is 13.8 Å². The fourth-order valence-electron chi connectivity index (χ4n) is 1.64. The molecule has 0 spiro atoms. The number of nitrogens with zero attached hydrogens (tertiary/aromatic N) is 2. The Morgan fingerprint density at radius 2 is 1.93 bits per heavy atom. The lowest BCUT2D eigenvalue weighted by atomic mass is 10.3. The van der Waals surface area contributed by atoms with Gasteiger partial charge in [-0.25, -0.2) is 9.97 Å². The van der Waals surface area contributed by atoms with Gasteiger partial charge in [-0.15, -0.1) is 0 Å². The van der Waals surface area contributed by atoms with E-state index in [4.69, 9.17) is 0 Å². The van der Waals surface area contributed by atoms with E-state index in [1.807, 2.05) is 31.7 Å². The molecule has 0 bridgehead atoms. The number of thioether (sulfide) groups is 1. The van der Waals surface area contributed by atoms with Crippen LogP contribution < -0.4 is 5.32 Å². The molecule has 1 aliphatic carbocycles. The molecule has 0 unspecified atom stereocenters. The second kappa shape index (κ2) is 4.00. The molecule has 0 aromatic carbocycles. The smallest absolute Gasteiger partial charge is 0.223 e. The monoisotopic (exact) mass is 223 g/mol. The number of aromatic nitrogens is 2. The van der Waals surface area contributed by atoms with E-state index in [1.165, 1.54) is 12.8 Å². The van der Waals surface area contributed by atoms with Crippen molar-refractivity contribution in [3.63, 3.8) is 0 Å².